The third-order valence-corrected chi connectivity index (χ3v) is 4.25. The molecule has 6 heteroatoms. The second kappa shape index (κ2) is 6.86. The van der Waals surface area contributed by atoms with E-state index in [4.69, 9.17) is 0 Å². The number of amides is 2. The first-order valence-electron chi connectivity index (χ1n) is 8.24. The summed E-state index contributed by atoms with van der Waals surface area (Å²) in [6, 6.07) is 7.79. The van der Waals surface area contributed by atoms with Crippen molar-refractivity contribution in [2.24, 2.45) is 0 Å². The van der Waals surface area contributed by atoms with Crippen LogP contribution in [0.2, 0.25) is 0 Å². The van der Waals surface area contributed by atoms with Gasteiger partial charge < -0.3 is 10.2 Å². The molecule has 1 atom stereocenters. The van der Waals surface area contributed by atoms with Gasteiger partial charge in [-0.05, 0) is 31.9 Å². The number of nitrogens with zero attached hydrogens (tertiary/aromatic N) is 3. The Morgan fingerprint density at radius 1 is 1.38 bits per heavy atom. The standard InChI is InChI=1S/C18H22N4O2/c1-13-6-3-4-7-16(13)22-12-15(10-19-22)18(24)20-14(2)11-21-9-5-8-17(21)23/h3-4,6-7,10,12,14H,5,8-9,11H2,1-2H3,(H,20,24)/t14-/m0/s1. The summed E-state index contributed by atoms with van der Waals surface area (Å²) in [4.78, 5) is 25.8. The first-order chi connectivity index (χ1) is 11.5. The number of hydrogen-bond donors (Lipinski definition) is 1. The summed E-state index contributed by atoms with van der Waals surface area (Å²) < 4.78 is 1.71. The lowest BCUT2D eigenvalue weighted by Crippen LogP contribution is -2.42. The quantitative estimate of drug-likeness (QED) is 0.913. The number of nitrogens with one attached hydrogen (secondary N) is 1. The normalized spacial score (nSPS) is 15.6. The smallest absolute Gasteiger partial charge is 0.254 e. The van der Waals surface area contributed by atoms with Gasteiger partial charge in [-0.3, -0.25) is 9.59 Å². The molecule has 0 bridgehead atoms. The minimum atomic E-state index is -0.172. The molecular formula is C18H22N4O2. The molecule has 2 heterocycles. The van der Waals surface area contributed by atoms with Gasteiger partial charge in [0.15, 0.2) is 0 Å². The molecule has 2 amide bonds. The number of benzene rings is 1. The van der Waals surface area contributed by atoms with E-state index in [0.29, 0.717) is 18.5 Å². The van der Waals surface area contributed by atoms with E-state index in [-0.39, 0.29) is 17.9 Å². The third-order valence-electron chi connectivity index (χ3n) is 4.25. The van der Waals surface area contributed by atoms with E-state index in [1.54, 1.807) is 17.1 Å². The zero-order chi connectivity index (χ0) is 17.1. The Bertz CT molecular complexity index is 753. The van der Waals surface area contributed by atoms with Crippen molar-refractivity contribution in [1.29, 1.82) is 0 Å². The van der Waals surface area contributed by atoms with E-state index in [9.17, 15) is 9.59 Å². The van der Waals surface area contributed by atoms with Crippen LogP contribution in [-0.2, 0) is 4.79 Å². The number of rotatable bonds is 5. The molecule has 0 aliphatic carbocycles. The summed E-state index contributed by atoms with van der Waals surface area (Å²) in [5, 5.41) is 7.22. The van der Waals surface area contributed by atoms with Gasteiger partial charge >= 0.3 is 0 Å². The lowest BCUT2D eigenvalue weighted by atomic mass is 10.2. The maximum Gasteiger partial charge on any atom is 0.254 e. The molecule has 24 heavy (non-hydrogen) atoms. The van der Waals surface area contributed by atoms with Crippen LogP contribution in [0.5, 0.6) is 0 Å². The largest absolute Gasteiger partial charge is 0.348 e. The number of hydrogen-bond acceptors (Lipinski definition) is 3. The highest BCUT2D eigenvalue weighted by Gasteiger charge is 2.22. The van der Waals surface area contributed by atoms with Crippen LogP contribution in [-0.4, -0.2) is 45.6 Å². The van der Waals surface area contributed by atoms with E-state index < -0.39 is 0 Å². The van der Waals surface area contributed by atoms with Gasteiger partial charge in [0.2, 0.25) is 5.91 Å². The lowest BCUT2D eigenvalue weighted by Gasteiger charge is -2.21. The van der Waals surface area contributed by atoms with Gasteiger partial charge in [0.25, 0.3) is 5.91 Å². The van der Waals surface area contributed by atoms with Crippen molar-refractivity contribution in [1.82, 2.24) is 20.0 Å². The first-order valence-corrected chi connectivity index (χ1v) is 8.24. The van der Waals surface area contributed by atoms with Crippen LogP contribution in [0.25, 0.3) is 5.69 Å². The van der Waals surface area contributed by atoms with Crippen molar-refractivity contribution in [2.45, 2.75) is 32.7 Å². The topological polar surface area (TPSA) is 67.2 Å². The fraction of sp³-hybridized carbons (Fsp3) is 0.389. The summed E-state index contributed by atoms with van der Waals surface area (Å²) in [5.74, 6) is -0.00236. The van der Waals surface area contributed by atoms with Crippen LogP contribution in [0.15, 0.2) is 36.7 Å². The van der Waals surface area contributed by atoms with Crippen molar-refractivity contribution in [3.63, 3.8) is 0 Å². The van der Waals surface area contributed by atoms with Crippen LogP contribution in [0.4, 0.5) is 0 Å². The molecule has 6 nitrogen and oxygen atoms in total. The summed E-state index contributed by atoms with van der Waals surface area (Å²) >= 11 is 0. The second-order valence-corrected chi connectivity index (χ2v) is 6.28. The first kappa shape index (κ1) is 16.2. The zero-order valence-corrected chi connectivity index (χ0v) is 14.0. The van der Waals surface area contributed by atoms with Crippen molar-refractivity contribution < 1.29 is 9.59 Å². The van der Waals surface area contributed by atoms with Crippen LogP contribution in [0.1, 0.15) is 35.7 Å². The molecule has 1 saturated heterocycles. The molecule has 1 aliphatic heterocycles. The molecule has 3 rings (SSSR count). The minimum absolute atomic E-state index is 0.0960. The number of carbonyl (C=O) groups is 2. The maximum absolute atomic E-state index is 12.4. The number of para-hydroxylation sites is 1. The Balaban J connectivity index is 1.63. The van der Waals surface area contributed by atoms with E-state index in [0.717, 1.165) is 24.2 Å². The Kier molecular flexibility index (Phi) is 4.64. The van der Waals surface area contributed by atoms with Crippen LogP contribution < -0.4 is 5.32 Å². The molecule has 1 fully saturated rings. The van der Waals surface area contributed by atoms with Gasteiger partial charge in [-0.25, -0.2) is 4.68 Å². The summed E-state index contributed by atoms with van der Waals surface area (Å²) in [7, 11) is 0. The summed E-state index contributed by atoms with van der Waals surface area (Å²) in [5.41, 5.74) is 2.55. The molecule has 1 aliphatic rings. The van der Waals surface area contributed by atoms with Gasteiger partial charge in [0, 0.05) is 31.7 Å². The van der Waals surface area contributed by atoms with Crippen LogP contribution in [0.3, 0.4) is 0 Å². The number of aryl methyl sites for hydroxylation is 1. The summed E-state index contributed by atoms with van der Waals surface area (Å²) in [6.07, 6.45) is 4.81. The predicted molar refractivity (Wildman–Crippen MR) is 91.0 cm³/mol. The van der Waals surface area contributed by atoms with Gasteiger partial charge in [-0.2, -0.15) is 5.10 Å². The molecule has 0 spiro atoms. The average molecular weight is 326 g/mol. The van der Waals surface area contributed by atoms with E-state index in [2.05, 4.69) is 10.4 Å². The third kappa shape index (κ3) is 3.48. The molecule has 0 unspecified atom stereocenters. The number of carbonyl (C=O) groups excluding carboxylic acids is 2. The molecule has 1 aromatic heterocycles. The molecular weight excluding hydrogens is 304 g/mol. The van der Waals surface area contributed by atoms with Crippen molar-refractivity contribution in [2.75, 3.05) is 13.1 Å². The Morgan fingerprint density at radius 3 is 2.88 bits per heavy atom. The predicted octanol–water partition coefficient (Wildman–Crippen LogP) is 1.92. The molecule has 0 saturated carbocycles. The van der Waals surface area contributed by atoms with Crippen LogP contribution >= 0.6 is 0 Å². The van der Waals surface area contributed by atoms with E-state index in [1.807, 2.05) is 43.0 Å². The van der Waals surface area contributed by atoms with Gasteiger partial charge in [-0.1, -0.05) is 18.2 Å². The fourth-order valence-corrected chi connectivity index (χ4v) is 2.97. The highest BCUT2D eigenvalue weighted by atomic mass is 16.2. The monoisotopic (exact) mass is 326 g/mol. The highest BCUT2D eigenvalue weighted by Crippen LogP contribution is 2.13. The van der Waals surface area contributed by atoms with E-state index in [1.165, 1.54) is 0 Å². The second-order valence-electron chi connectivity index (χ2n) is 6.28. The maximum atomic E-state index is 12.4. The van der Waals surface area contributed by atoms with Crippen molar-refractivity contribution in [3.05, 3.63) is 47.8 Å². The molecule has 1 aromatic carbocycles. The minimum Gasteiger partial charge on any atom is -0.348 e. The highest BCUT2D eigenvalue weighted by molar-refractivity contribution is 5.94. The fourth-order valence-electron chi connectivity index (χ4n) is 2.97. The lowest BCUT2D eigenvalue weighted by molar-refractivity contribution is -0.127. The molecule has 0 radical (unpaired) electrons. The Hall–Kier alpha value is -2.63. The SMILES string of the molecule is Cc1ccccc1-n1cc(C(=O)N[C@@H](C)CN2CCCC2=O)cn1. The van der Waals surface area contributed by atoms with Gasteiger partial charge in [0.1, 0.15) is 0 Å². The average Bonchev–Trinajstić information content (AvgIpc) is 3.18. The number of aromatic nitrogens is 2. The Labute approximate surface area is 141 Å². The Morgan fingerprint density at radius 2 is 2.17 bits per heavy atom. The molecule has 1 N–H and O–H groups in total. The van der Waals surface area contributed by atoms with Crippen molar-refractivity contribution in [3.8, 4) is 5.69 Å². The van der Waals surface area contributed by atoms with Gasteiger partial charge in [0.05, 0.1) is 17.4 Å². The van der Waals surface area contributed by atoms with Crippen LogP contribution in [0, 0.1) is 6.92 Å². The zero-order valence-electron chi connectivity index (χ0n) is 14.0. The molecule has 2 aromatic rings. The summed E-state index contributed by atoms with van der Waals surface area (Å²) in [6.45, 7) is 5.25. The van der Waals surface area contributed by atoms with Gasteiger partial charge in [-0.15, -0.1) is 0 Å². The molecule has 126 valence electrons. The number of likely N-dealkylation sites (tertiary alicyclic amines) is 1. The van der Waals surface area contributed by atoms with Crippen molar-refractivity contribution >= 4 is 11.8 Å². The van der Waals surface area contributed by atoms with E-state index >= 15 is 0 Å².